The van der Waals surface area contributed by atoms with Crippen LogP contribution in [0.5, 0.6) is 0 Å². The zero-order valence-electron chi connectivity index (χ0n) is 11.0. The fourth-order valence-electron chi connectivity index (χ4n) is 1.78. The Morgan fingerprint density at radius 3 is 2.81 bits per heavy atom. The molecule has 3 rings (SSSR count). The zero-order chi connectivity index (χ0) is 14.5. The van der Waals surface area contributed by atoms with Crippen LogP contribution in [-0.2, 0) is 5.75 Å². The van der Waals surface area contributed by atoms with Crippen molar-refractivity contribution >= 4 is 18.0 Å². The van der Waals surface area contributed by atoms with Crippen LogP contribution in [0.1, 0.15) is 15.9 Å². The SMILES string of the molecule is O=Cc1cccc(CSc2nnc(-c3ccncc3)o2)c1. The highest BCUT2D eigenvalue weighted by atomic mass is 32.2. The molecule has 0 amide bonds. The number of aldehydes is 1. The number of carbonyl (C=O) groups is 1. The number of hydrogen-bond acceptors (Lipinski definition) is 6. The molecule has 0 bridgehead atoms. The summed E-state index contributed by atoms with van der Waals surface area (Å²) in [5.41, 5.74) is 2.54. The summed E-state index contributed by atoms with van der Waals surface area (Å²) in [6, 6.07) is 11.1. The second-order valence-corrected chi connectivity index (χ2v) is 5.19. The lowest BCUT2D eigenvalue weighted by molar-refractivity contribution is 0.112. The smallest absolute Gasteiger partial charge is 0.277 e. The van der Waals surface area contributed by atoms with E-state index < -0.39 is 0 Å². The highest BCUT2D eigenvalue weighted by Crippen LogP contribution is 2.25. The van der Waals surface area contributed by atoms with Gasteiger partial charge in [0.15, 0.2) is 0 Å². The van der Waals surface area contributed by atoms with Gasteiger partial charge in [0, 0.05) is 29.3 Å². The standard InChI is InChI=1S/C15H11N3O2S/c19-9-11-2-1-3-12(8-11)10-21-15-18-17-14(20-15)13-4-6-16-7-5-13/h1-9H,10H2. The van der Waals surface area contributed by atoms with Crippen LogP contribution in [0.2, 0.25) is 0 Å². The topological polar surface area (TPSA) is 68.9 Å². The van der Waals surface area contributed by atoms with Crippen molar-refractivity contribution in [2.45, 2.75) is 11.0 Å². The van der Waals surface area contributed by atoms with Gasteiger partial charge in [-0.1, -0.05) is 30.0 Å². The monoisotopic (exact) mass is 297 g/mol. The quantitative estimate of drug-likeness (QED) is 0.532. The second-order valence-electron chi connectivity index (χ2n) is 4.26. The maximum absolute atomic E-state index is 10.7. The Bertz CT molecular complexity index is 743. The van der Waals surface area contributed by atoms with Gasteiger partial charge in [0.2, 0.25) is 5.89 Å². The summed E-state index contributed by atoms with van der Waals surface area (Å²) in [5, 5.41) is 8.52. The number of nitrogens with zero attached hydrogens (tertiary/aromatic N) is 3. The summed E-state index contributed by atoms with van der Waals surface area (Å²) in [6.45, 7) is 0. The second kappa shape index (κ2) is 6.32. The first-order chi connectivity index (χ1) is 10.3. The summed E-state index contributed by atoms with van der Waals surface area (Å²) in [5.74, 6) is 1.14. The van der Waals surface area contributed by atoms with Gasteiger partial charge >= 0.3 is 0 Å². The molecule has 2 aromatic heterocycles. The third kappa shape index (κ3) is 3.35. The molecule has 21 heavy (non-hydrogen) atoms. The molecule has 3 aromatic rings. The fraction of sp³-hybridized carbons (Fsp3) is 0.0667. The lowest BCUT2D eigenvalue weighted by Gasteiger charge is -1.99. The van der Waals surface area contributed by atoms with Crippen molar-refractivity contribution < 1.29 is 9.21 Å². The normalized spacial score (nSPS) is 10.5. The number of thioether (sulfide) groups is 1. The number of hydrogen-bond donors (Lipinski definition) is 0. The van der Waals surface area contributed by atoms with Crippen LogP contribution in [-0.4, -0.2) is 21.5 Å². The molecule has 0 atom stereocenters. The highest BCUT2D eigenvalue weighted by molar-refractivity contribution is 7.98. The first kappa shape index (κ1) is 13.5. The number of rotatable bonds is 5. The van der Waals surface area contributed by atoms with Gasteiger partial charge in [-0.2, -0.15) is 0 Å². The Balaban J connectivity index is 1.69. The molecule has 0 spiro atoms. The van der Waals surface area contributed by atoms with E-state index in [9.17, 15) is 4.79 Å². The van der Waals surface area contributed by atoms with Gasteiger partial charge in [0.1, 0.15) is 6.29 Å². The van der Waals surface area contributed by atoms with Crippen molar-refractivity contribution in [3.05, 3.63) is 59.9 Å². The summed E-state index contributed by atoms with van der Waals surface area (Å²) < 4.78 is 5.59. The summed E-state index contributed by atoms with van der Waals surface area (Å²) in [7, 11) is 0. The summed E-state index contributed by atoms with van der Waals surface area (Å²) in [6.07, 6.45) is 4.19. The number of benzene rings is 1. The van der Waals surface area contributed by atoms with Crippen LogP contribution in [0.15, 0.2) is 58.4 Å². The van der Waals surface area contributed by atoms with Crippen LogP contribution in [0.4, 0.5) is 0 Å². The van der Waals surface area contributed by atoms with E-state index in [0.29, 0.717) is 22.4 Å². The van der Waals surface area contributed by atoms with Crippen molar-refractivity contribution in [2.24, 2.45) is 0 Å². The Hall–Kier alpha value is -2.47. The molecule has 0 aliphatic rings. The first-order valence-electron chi connectivity index (χ1n) is 6.26. The maximum Gasteiger partial charge on any atom is 0.277 e. The van der Waals surface area contributed by atoms with E-state index in [1.54, 1.807) is 18.5 Å². The van der Waals surface area contributed by atoms with E-state index in [-0.39, 0.29) is 0 Å². The van der Waals surface area contributed by atoms with E-state index in [1.165, 1.54) is 11.8 Å². The molecule has 2 heterocycles. The molecule has 0 aliphatic carbocycles. The predicted octanol–water partition coefficient (Wildman–Crippen LogP) is 3.24. The van der Waals surface area contributed by atoms with Gasteiger partial charge in [-0.3, -0.25) is 9.78 Å². The van der Waals surface area contributed by atoms with Gasteiger partial charge in [0.05, 0.1) is 0 Å². The molecular weight excluding hydrogens is 286 g/mol. The largest absolute Gasteiger partial charge is 0.411 e. The Morgan fingerprint density at radius 2 is 2.00 bits per heavy atom. The van der Waals surface area contributed by atoms with E-state index in [4.69, 9.17) is 4.42 Å². The van der Waals surface area contributed by atoms with E-state index >= 15 is 0 Å². The molecule has 5 nitrogen and oxygen atoms in total. The van der Waals surface area contributed by atoms with Crippen molar-refractivity contribution in [2.75, 3.05) is 0 Å². The first-order valence-corrected chi connectivity index (χ1v) is 7.24. The van der Waals surface area contributed by atoms with Crippen LogP contribution in [0, 0.1) is 0 Å². The van der Waals surface area contributed by atoms with Gasteiger partial charge in [-0.15, -0.1) is 10.2 Å². The van der Waals surface area contributed by atoms with Crippen molar-refractivity contribution in [1.29, 1.82) is 0 Å². The Labute approximate surface area is 125 Å². The average molecular weight is 297 g/mol. The fourth-order valence-corrected chi connectivity index (χ4v) is 2.49. The van der Waals surface area contributed by atoms with Crippen molar-refractivity contribution in [3.8, 4) is 11.5 Å². The molecule has 0 aliphatic heterocycles. The lowest BCUT2D eigenvalue weighted by Crippen LogP contribution is -1.84. The number of carbonyl (C=O) groups excluding carboxylic acids is 1. The highest BCUT2D eigenvalue weighted by Gasteiger charge is 2.09. The van der Waals surface area contributed by atoms with Crippen molar-refractivity contribution in [3.63, 3.8) is 0 Å². The third-order valence-electron chi connectivity index (χ3n) is 2.78. The zero-order valence-corrected chi connectivity index (χ0v) is 11.8. The minimum atomic E-state index is 0.474. The van der Waals surface area contributed by atoms with Crippen LogP contribution in [0.3, 0.4) is 0 Å². The van der Waals surface area contributed by atoms with Crippen molar-refractivity contribution in [1.82, 2.24) is 15.2 Å². The Kier molecular flexibility index (Phi) is 4.07. The molecule has 6 heteroatoms. The van der Waals surface area contributed by atoms with E-state index in [0.717, 1.165) is 17.4 Å². The molecule has 0 saturated heterocycles. The minimum absolute atomic E-state index is 0.474. The van der Waals surface area contributed by atoms with Crippen LogP contribution >= 0.6 is 11.8 Å². The lowest BCUT2D eigenvalue weighted by atomic mass is 10.2. The number of pyridine rings is 1. The molecule has 1 aromatic carbocycles. The molecule has 0 fully saturated rings. The molecular formula is C15H11N3O2S. The molecule has 0 saturated carbocycles. The predicted molar refractivity (Wildman–Crippen MR) is 78.9 cm³/mol. The van der Waals surface area contributed by atoms with Crippen LogP contribution < -0.4 is 0 Å². The maximum atomic E-state index is 10.7. The number of aromatic nitrogens is 3. The van der Waals surface area contributed by atoms with Gasteiger partial charge in [-0.05, 0) is 23.8 Å². The van der Waals surface area contributed by atoms with E-state index in [2.05, 4.69) is 15.2 Å². The van der Waals surface area contributed by atoms with Gasteiger partial charge in [-0.25, -0.2) is 0 Å². The summed E-state index contributed by atoms with van der Waals surface area (Å²) >= 11 is 1.44. The summed E-state index contributed by atoms with van der Waals surface area (Å²) in [4.78, 5) is 14.7. The Morgan fingerprint density at radius 1 is 1.14 bits per heavy atom. The molecule has 0 unspecified atom stereocenters. The van der Waals surface area contributed by atoms with Gasteiger partial charge < -0.3 is 4.42 Å². The molecule has 104 valence electrons. The van der Waals surface area contributed by atoms with E-state index in [1.807, 2.05) is 30.3 Å². The average Bonchev–Trinajstić information content (AvgIpc) is 3.03. The van der Waals surface area contributed by atoms with Gasteiger partial charge in [0.25, 0.3) is 5.22 Å². The minimum Gasteiger partial charge on any atom is -0.411 e. The third-order valence-corrected chi connectivity index (χ3v) is 3.67. The molecule has 0 N–H and O–H groups in total. The molecule has 0 radical (unpaired) electrons. The van der Waals surface area contributed by atoms with Crippen LogP contribution in [0.25, 0.3) is 11.5 Å².